The van der Waals surface area contributed by atoms with Gasteiger partial charge in [-0.2, -0.15) is 5.10 Å². The van der Waals surface area contributed by atoms with Crippen molar-refractivity contribution in [3.8, 4) is 0 Å². The summed E-state index contributed by atoms with van der Waals surface area (Å²) in [5.41, 5.74) is 7.12. The summed E-state index contributed by atoms with van der Waals surface area (Å²) >= 11 is 0. The van der Waals surface area contributed by atoms with E-state index in [2.05, 4.69) is 50.1 Å². The first-order chi connectivity index (χ1) is 14.3. The normalized spacial score (nSPS) is 23.5. The van der Waals surface area contributed by atoms with Crippen LogP contribution in [0.15, 0.2) is 24.4 Å². The highest BCUT2D eigenvalue weighted by Gasteiger charge is 2.26. The first-order valence-corrected chi connectivity index (χ1v) is 11.1. The number of fused-ring (bicyclic) bond motifs is 1. The van der Waals surface area contributed by atoms with Gasteiger partial charge in [0.2, 0.25) is 0 Å². The van der Waals surface area contributed by atoms with Crippen molar-refractivity contribution in [1.82, 2.24) is 20.0 Å². The third-order valence-electron chi connectivity index (χ3n) is 6.84. The number of anilines is 1. The number of hydrogen-bond acceptors (Lipinski definition) is 5. The lowest BCUT2D eigenvalue weighted by Gasteiger charge is -2.33. The Morgan fingerprint density at radius 2 is 2.00 bits per heavy atom. The molecular formula is C23H33N5O. The number of likely N-dealkylation sites (N-methyl/N-ethyl adjacent to an activating group) is 1. The minimum absolute atomic E-state index is 0.558. The Bertz CT molecular complexity index is 828. The Kier molecular flexibility index (Phi) is 5.57. The summed E-state index contributed by atoms with van der Waals surface area (Å²) in [5.74, 6) is 0.558. The SMILES string of the molecule is CN1CCc2cc(CN3CCC[C@@H](c4[nH]ncc4CN4CCOCC4)C3)ccc21. The van der Waals surface area contributed by atoms with Crippen molar-refractivity contribution in [2.45, 2.75) is 38.3 Å². The molecule has 0 amide bonds. The van der Waals surface area contributed by atoms with Gasteiger partial charge in [0.1, 0.15) is 0 Å². The molecule has 3 aliphatic rings. The van der Waals surface area contributed by atoms with Gasteiger partial charge in [0.25, 0.3) is 0 Å². The van der Waals surface area contributed by atoms with Gasteiger partial charge in [-0.15, -0.1) is 0 Å². The summed E-state index contributed by atoms with van der Waals surface area (Å²) in [6.45, 7) is 9.25. The van der Waals surface area contributed by atoms with Crippen molar-refractivity contribution in [1.29, 1.82) is 0 Å². The number of piperidine rings is 1. The van der Waals surface area contributed by atoms with E-state index in [0.717, 1.165) is 52.5 Å². The minimum Gasteiger partial charge on any atom is -0.379 e. The molecule has 0 bridgehead atoms. The predicted molar refractivity (Wildman–Crippen MR) is 115 cm³/mol. The van der Waals surface area contributed by atoms with E-state index < -0.39 is 0 Å². The lowest BCUT2D eigenvalue weighted by Crippen LogP contribution is -2.37. The second kappa shape index (κ2) is 8.46. The van der Waals surface area contributed by atoms with Crippen LogP contribution in [-0.4, -0.2) is 73.0 Å². The van der Waals surface area contributed by atoms with E-state index in [4.69, 9.17) is 4.74 Å². The van der Waals surface area contributed by atoms with Gasteiger partial charge < -0.3 is 9.64 Å². The fourth-order valence-electron chi connectivity index (χ4n) is 5.21. The molecule has 6 nitrogen and oxygen atoms in total. The van der Waals surface area contributed by atoms with Crippen LogP contribution in [0.25, 0.3) is 0 Å². The molecule has 1 aromatic carbocycles. The molecule has 1 aromatic heterocycles. The Hall–Kier alpha value is -1.89. The van der Waals surface area contributed by atoms with Crippen molar-refractivity contribution in [2.24, 2.45) is 0 Å². The van der Waals surface area contributed by atoms with Crippen molar-refractivity contribution in [2.75, 3.05) is 57.9 Å². The number of benzene rings is 1. The maximum absolute atomic E-state index is 5.50. The number of ether oxygens (including phenoxy) is 1. The predicted octanol–water partition coefficient (Wildman–Crippen LogP) is 2.61. The molecule has 1 N–H and O–H groups in total. The fraction of sp³-hybridized carbons (Fsp3) is 0.609. The molecule has 0 saturated carbocycles. The van der Waals surface area contributed by atoms with Crippen molar-refractivity contribution >= 4 is 5.69 Å². The van der Waals surface area contributed by atoms with Crippen molar-refractivity contribution in [3.63, 3.8) is 0 Å². The summed E-state index contributed by atoms with van der Waals surface area (Å²) in [6, 6.07) is 7.07. The van der Waals surface area contributed by atoms with E-state index in [-0.39, 0.29) is 0 Å². The second-order valence-electron chi connectivity index (χ2n) is 8.91. The molecule has 5 rings (SSSR count). The molecule has 3 aliphatic heterocycles. The Morgan fingerprint density at radius 3 is 2.90 bits per heavy atom. The molecule has 156 valence electrons. The quantitative estimate of drug-likeness (QED) is 0.843. The number of hydrogen-bond donors (Lipinski definition) is 1. The lowest BCUT2D eigenvalue weighted by atomic mass is 9.92. The standard InChI is InChI=1S/C23H33N5O/c1-26-8-6-19-13-18(4-5-22(19)26)15-28-7-2-3-20(16-28)23-21(14-24-25-23)17-27-9-11-29-12-10-27/h4-5,13-14,20H,2-3,6-12,15-17H2,1H3,(H,24,25)/t20-/m1/s1. The first kappa shape index (κ1) is 19.1. The van der Waals surface area contributed by atoms with Crippen LogP contribution < -0.4 is 4.90 Å². The van der Waals surface area contributed by atoms with Gasteiger partial charge in [-0.05, 0) is 43.0 Å². The maximum atomic E-state index is 5.50. The number of H-pyrrole nitrogens is 1. The van der Waals surface area contributed by atoms with Crippen LogP contribution in [0.4, 0.5) is 5.69 Å². The van der Waals surface area contributed by atoms with Gasteiger partial charge in [-0.1, -0.05) is 12.1 Å². The summed E-state index contributed by atoms with van der Waals surface area (Å²) in [7, 11) is 2.19. The average Bonchev–Trinajstić information content (AvgIpc) is 3.36. The monoisotopic (exact) mass is 395 g/mol. The van der Waals surface area contributed by atoms with Crippen molar-refractivity contribution in [3.05, 3.63) is 46.8 Å². The van der Waals surface area contributed by atoms with E-state index in [0.29, 0.717) is 5.92 Å². The molecule has 4 heterocycles. The highest BCUT2D eigenvalue weighted by atomic mass is 16.5. The molecule has 0 radical (unpaired) electrons. The van der Waals surface area contributed by atoms with Gasteiger partial charge in [-0.25, -0.2) is 0 Å². The minimum atomic E-state index is 0.558. The largest absolute Gasteiger partial charge is 0.379 e. The number of aromatic nitrogens is 2. The Morgan fingerprint density at radius 1 is 1.10 bits per heavy atom. The van der Waals surface area contributed by atoms with Crippen LogP contribution in [0.2, 0.25) is 0 Å². The topological polar surface area (TPSA) is 47.6 Å². The van der Waals surface area contributed by atoms with E-state index >= 15 is 0 Å². The molecule has 2 saturated heterocycles. The molecule has 2 fully saturated rings. The average molecular weight is 396 g/mol. The van der Waals surface area contributed by atoms with Gasteiger partial charge in [0.05, 0.1) is 19.4 Å². The second-order valence-corrected chi connectivity index (χ2v) is 8.91. The molecule has 0 aliphatic carbocycles. The number of aromatic amines is 1. The molecule has 1 atom stereocenters. The third-order valence-corrected chi connectivity index (χ3v) is 6.84. The van der Waals surface area contributed by atoms with Gasteiger partial charge >= 0.3 is 0 Å². The van der Waals surface area contributed by atoms with E-state index in [1.165, 1.54) is 53.9 Å². The summed E-state index contributed by atoms with van der Waals surface area (Å²) < 4.78 is 5.50. The summed E-state index contributed by atoms with van der Waals surface area (Å²) in [4.78, 5) is 7.48. The molecule has 0 spiro atoms. The van der Waals surface area contributed by atoms with Crippen molar-refractivity contribution < 1.29 is 4.74 Å². The Labute approximate surface area is 173 Å². The van der Waals surface area contributed by atoms with E-state index in [1.807, 2.05) is 6.20 Å². The van der Waals surface area contributed by atoms with Crippen LogP contribution >= 0.6 is 0 Å². The zero-order valence-electron chi connectivity index (χ0n) is 17.6. The number of nitrogens with zero attached hydrogens (tertiary/aromatic N) is 4. The van der Waals surface area contributed by atoms with Gasteiger partial charge in [-0.3, -0.25) is 14.9 Å². The molecular weight excluding hydrogens is 362 g/mol. The number of likely N-dealkylation sites (tertiary alicyclic amines) is 1. The highest BCUT2D eigenvalue weighted by Crippen LogP contribution is 2.31. The van der Waals surface area contributed by atoms with Crippen LogP contribution in [0.5, 0.6) is 0 Å². The first-order valence-electron chi connectivity index (χ1n) is 11.1. The molecule has 0 unspecified atom stereocenters. The van der Waals surface area contributed by atoms with Crippen LogP contribution in [-0.2, 0) is 24.2 Å². The number of rotatable bonds is 5. The fourth-order valence-corrected chi connectivity index (χ4v) is 5.21. The molecule has 2 aromatic rings. The lowest BCUT2D eigenvalue weighted by molar-refractivity contribution is 0.0339. The van der Waals surface area contributed by atoms with Gasteiger partial charge in [0.15, 0.2) is 0 Å². The zero-order chi connectivity index (χ0) is 19.6. The summed E-state index contributed by atoms with van der Waals surface area (Å²) in [6.07, 6.45) is 5.74. The zero-order valence-corrected chi connectivity index (χ0v) is 17.6. The molecule has 6 heteroatoms. The van der Waals surface area contributed by atoms with Gasteiger partial charge in [0, 0.05) is 69.2 Å². The smallest absolute Gasteiger partial charge is 0.0594 e. The Balaban J connectivity index is 1.24. The molecule has 29 heavy (non-hydrogen) atoms. The maximum Gasteiger partial charge on any atom is 0.0594 e. The highest BCUT2D eigenvalue weighted by molar-refractivity contribution is 5.58. The number of nitrogens with one attached hydrogen (secondary N) is 1. The third kappa shape index (κ3) is 4.20. The van der Waals surface area contributed by atoms with E-state index in [9.17, 15) is 0 Å². The van der Waals surface area contributed by atoms with Crippen LogP contribution in [0.1, 0.15) is 41.1 Å². The van der Waals surface area contributed by atoms with E-state index in [1.54, 1.807) is 0 Å². The van der Waals surface area contributed by atoms with Crippen LogP contribution in [0.3, 0.4) is 0 Å². The summed E-state index contributed by atoms with van der Waals surface area (Å²) in [5, 5.41) is 7.76. The number of morpholine rings is 1. The van der Waals surface area contributed by atoms with Crippen LogP contribution in [0, 0.1) is 0 Å².